The van der Waals surface area contributed by atoms with Crippen molar-refractivity contribution in [1.29, 1.82) is 0 Å². The normalized spacial score (nSPS) is 12.1. The third-order valence-electron chi connectivity index (χ3n) is 4.97. The van der Waals surface area contributed by atoms with Crippen molar-refractivity contribution in [3.05, 3.63) is 48.0 Å². The Morgan fingerprint density at radius 2 is 1.73 bits per heavy atom. The molecule has 0 bridgehead atoms. The number of benzene rings is 1. The Labute approximate surface area is 206 Å². The topological polar surface area (TPSA) is 163 Å². The maximum Gasteiger partial charge on any atom is 0.434 e. The summed E-state index contributed by atoms with van der Waals surface area (Å²) in [4.78, 5) is 19.0. The maximum absolute atomic E-state index is 15.2. The zero-order valence-corrected chi connectivity index (χ0v) is 19.4. The molecular weight excluding hydrogens is 523 g/mol. The molecule has 0 aliphatic carbocycles. The van der Waals surface area contributed by atoms with E-state index >= 15 is 4.39 Å². The zero-order valence-electron chi connectivity index (χ0n) is 18.6. The SMILES string of the molecule is Nc1ncc(-c2nc(N)c3nc(-c4cccc(NS(=O)(=O)CCCF)c4F)ccc3n2)c(C(F)(F)F)n1. The van der Waals surface area contributed by atoms with Gasteiger partial charge in [-0.15, -0.1) is 0 Å². The van der Waals surface area contributed by atoms with E-state index < -0.39 is 57.5 Å². The number of pyridine rings is 1. The highest BCUT2D eigenvalue weighted by Gasteiger charge is 2.37. The number of aromatic nitrogens is 5. The summed E-state index contributed by atoms with van der Waals surface area (Å²) in [6, 6.07) is 6.55. The van der Waals surface area contributed by atoms with Crippen molar-refractivity contribution >= 4 is 38.5 Å². The van der Waals surface area contributed by atoms with Gasteiger partial charge in [-0.2, -0.15) is 13.2 Å². The van der Waals surface area contributed by atoms with Crippen molar-refractivity contribution in [3.8, 4) is 22.6 Å². The number of nitrogen functional groups attached to an aromatic ring is 2. The standard InChI is InChI=1S/C21H17F5N8O2S/c22-7-2-8-37(35,36)34-13-4-1-3-10(15(13)23)12-5-6-14-16(30-12)18(27)33-19(31-14)11-9-29-20(28)32-17(11)21(24,25)26/h1,3-6,9,34H,2,7-8H2,(H2,27,31,33)(H2,28,29,32). The van der Waals surface area contributed by atoms with Crippen LogP contribution < -0.4 is 16.2 Å². The predicted molar refractivity (Wildman–Crippen MR) is 126 cm³/mol. The molecular formula is C21H17F5N8O2S. The summed E-state index contributed by atoms with van der Waals surface area (Å²) in [6.45, 7) is -0.849. The van der Waals surface area contributed by atoms with Gasteiger partial charge >= 0.3 is 6.18 Å². The van der Waals surface area contributed by atoms with Gasteiger partial charge in [-0.3, -0.25) is 9.11 Å². The van der Waals surface area contributed by atoms with Crippen molar-refractivity contribution in [1.82, 2.24) is 24.9 Å². The van der Waals surface area contributed by atoms with Crippen molar-refractivity contribution in [2.24, 2.45) is 0 Å². The van der Waals surface area contributed by atoms with Crippen LogP contribution in [0.4, 0.5) is 39.4 Å². The van der Waals surface area contributed by atoms with Gasteiger partial charge in [0.1, 0.15) is 5.52 Å². The van der Waals surface area contributed by atoms with E-state index in [1.165, 1.54) is 30.3 Å². The minimum atomic E-state index is -4.88. The molecule has 5 N–H and O–H groups in total. The first-order valence-corrected chi connectivity index (χ1v) is 12.0. The van der Waals surface area contributed by atoms with Gasteiger partial charge in [-0.05, 0) is 30.7 Å². The Bertz CT molecular complexity index is 1600. The van der Waals surface area contributed by atoms with Crippen LogP contribution in [0.1, 0.15) is 12.1 Å². The highest BCUT2D eigenvalue weighted by Crippen LogP contribution is 2.36. The molecule has 0 saturated carbocycles. The van der Waals surface area contributed by atoms with Crippen LogP contribution in [0.2, 0.25) is 0 Å². The molecule has 0 aliphatic heterocycles. The number of alkyl halides is 4. The summed E-state index contributed by atoms with van der Waals surface area (Å²) in [5, 5.41) is 0. The predicted octanol–water partition coefficient (Wildman–Crippen LogP) is 3.57. The number of hydrogen-bond acceptors (Lipinski definition) is 9. The highest BCUT2D eigenvalue weighted by molar-refractivity contribution is 7.92. The van der Waals surface area contributed by atoms with Crippen LogP contribution in [0.3, 0.4) is 0 Å². The lowest BCUT2D eigenvalue weighted by Gasteiger charge is -2.13. The van der Waals surface area contributed by atoms with Gasteiger partial charge in [0.2, 0.25) is 16.0 Å². The van der Waals surface area contributed by atoms with Crippen molar-refractivity contribution in [2.75, 3.05) is 28.6 Å². The van der Waals surface area contributed by atoms with Crippen LogP contribution in [0.25, 0.3) is 33.7 Å². The van der Waals surface area contributed by atoms with Crippen molar-refractivity contribution in [2.45, 2.75) is 12.6 Å². The van der Waals surface area contributed by atoms with E-state index in [4.69, 9.17) is 11.5 Å². The molecule has 4 rings (SSSR count). The molecule has 0 unspecified atom stereocenters. The summed E-state index contributed by atoms with van der Waals surface area (Å²) >= 11 is 0. The van der Waals surface area contributed by atoms with Gasteiger partial charge in [0, 0.05) is 11.8 Å². The summed E-state index contributed by atoms with van der Waals surface area (Å²) in [7, 11) is -4.00. The van der Waals surface area contributed by atoms with E-state index in [1.807, 2.05) is 0 Å². The maximum atomic E-state index is 15.2. The first kappa shape index (κ1) is 25.9. The number of sulfonamides is 1. The summed E-state index contributed by atoms with van der Waals surface area (Å²) in [5.74, 6) is -2.82. The first-order valence-electron chi connectivity index (χ1n) is 10.4. The third-order valence-corrected chi connectivity index (χ3v) is 6.33. The lowest BCUT2D eigenvalue weighted by atomic mass is 10.1. The quantitative estimate of drug-likeness (QED) is 0.297. The van der Waals surface area contributed by atoms with Gasteiger partial charge < -0.3 is 11.5 Å². The van der Waals surface area contributed by atoms with Gasteiger partial charge in [0.15, 0.2) is 23.2 Å². The number of nitrogens with zero attached hydrogens (tertiary/aromatic N) is 5. The smallest absolute Gasteiger partial charge is 0.382 e. The second kappa shape index (κ2) is 9.68. The second-order valence-electron chi connectivity index (χ2n) is 7.62. The average Bonchev–Trinajstić information content (AvgIpc) is 2.83. The third kappa shape index (κ3) is 5.47. The van der Waals surface area contributed by atoms with Gasteiger partial charge in [-0.1, -0.05) is 6.07 Å². The van der Waals surface area contributed by atoms with Crippen molar-refractivity contribution in [3.63, 3.8) is 0 Å². The van der Waals surface area contributed by atoms with E-state index in [0.29, 0.717) is 0 Å². The highest BCUT2D eigenvalue weighted by atomic mass is 32.2. The number of anilines is 3. The van der Waals surface area contributed by atoms with Gasteiger partial charge in [0.05, 0.1) is 34.9 Å². The molecule has 0 spiro atoms. The number of nitrogens with two attached hydrogens (primary N) is 2. The number of rotatable bonds is 7. The van der Waals surface area contributed by atoms with Crippen LogP contribution in [-0.4, -0.2) is 45.8 Å². The molecule has 0 atom stereocenters. The fourth-order valence-electron chi connectivity index (χ4n) is 3.35. The number of hydrogen-bond donors (Lipinski definition) is 3. The molecule has 0 fully saturated rings. The van der Waals surface area contributed by atoms with Crippen LogP contribution >= 0.6 is 0 Å². The van der Waals surface area contributed by atoms with Gasteiger partial charge in [-0.25, -0.2) is 37.7 Å². The summed E-state index contributed by atoms with van der Waals surface area (Å²) < 4.78 is 94.1. The van der Waals surface area contributed by atoms with Crippen LogP contribution in [-0.2, 0) is 16.2 Å². The Morgan fingerprint density at radius 1 is 0.973 bits per heavy atom. The minimum Gasteiger partial charge on any atom is -0.382 e. The molecule has 0 aliphatic rings. The van der Waals surface area contributed by atoms with Gasteiger partial charge in [0.25, 0.3) is 0 Å². The van der Waals surface area contributed by atoms with Crippen LogP contribution in [0.5, 0.6) is 0 Å². The van der Waals surface area contributed by atoms with Crippen molar-refractivity contribution < 1.29 is 30.4 Å². The van der Waals surface area contributed by atoms with Crippen LogP contribution in [0, 0.1) is 5.82 Å². The summed E-state index contributed by atoms with van der Waals surface area (Å²) in [6.07, 6.45) is -4.31. The molecule has 37 heavy (non-hydrogen) atoms. The Kier molecular flexibility index (Phi) is 6.77. The Morgan fingerprint density at radius 3 is 2.43 bits per heavy atom. The van der Waals surface area contributed by atoms with E-state index in [2.05, 4.69) is 29.6 Å². The minimum absolute atomic E-state index is 0.0182. The van der Waals surface area contributed by atoms with E-state index in [-0.39, 0.29) is 40.2 Å². The molecule has 194 valence electrons. The fraction of sp³-hybridized carbons (Fsp3) is 0.190. The number of halogens is 5. The first-order chi connectivity index (χ1) is 17.4. The van der Waals surface area contributed by atoms with Crippen LogP contribution in [0.15, 0.2) is 36.5 Å². The van der Waals surface area contributed by atoms with E-state index in [9.17, 15) is 26.0 Å². The number of nitrogens with one attached hydrogen (secondary N) is 1. The molecule has 1 aromatic carbocycles. The fourth-order valence-corrected chi connectivity index (χ4v) is 4.44. The molecule has 10 nitrogen and oxygen atoms in total. The number of fused-ring (bicyclic) bond motifs is 1. The molecule has 3 aromatic heterocycles. The van der Waals surface area contributed by atoms with E-state index in [1.54, 1.807) is 0 Å². The lowest BCUT2D eigenvalue weighted by Crippen LogP contribution is -2.18. The van der Waals surface area contributed by atoms with E-state index in [0.717, 1.165) is 6.20 Å². The monoisotopic (exact) mass is 540 g/mol. The zero-order chi connectivity index (χ0) is 27.0. The molecule has 0 saturated heterocycles. The molecule has 0 amide bonds. The molecule has 3 heterocycles. The average molecular weight is 540 g/mol. The largest absolute Gasteiger partial charge is 0.434 e. The summed E-state index contributed by atoms with van der Waals surface area (Å²) in [5.41, 5.74) is 8.87. The second-order valence-corrected chi connectivity index (χ2v) is 9.46. The Balaban J connectivity index is 1.76. The Hall–Kier alpha value is -4.21. The molecule has 0 radical (unpaired) electrons. The molecule has 16 heteroatoms. The molecule has 4 aromatic rings. The lowest BCUT2D eigenvalue weighted by molar-refractivity contribution is -0.140.